The lowest BCUT2D eigenvalue weighted by Crippen LogP contribution is -2.47. The summed E-state index contributed by atoms with van der Waals surface area (Å²) in [4.78, 5) is 37.3. The molecule has 42 heavy (non-hydrogen) atoms. The molecule has 0 spiro atoms. The Bertz CT molecular complexity index is 1600. The molecule has 4 rings (SSSR count). The first kappa shape index (κ1) is 31.3. The fourth-order valence-electron chi connectivity index (χ4n) is 5.06. The maximum Gasteiger partial charge on any atom is 0.247 e. The van der Waals surface area contributed by atoms with E-state index in [-0.39, 0.29) is 11.0 Å². The molecule has 1 amide bonds. The Hall–Kier alpha value is -3.61. The largest absolute Gasteiger partial charge is 0.286 e. The summed E-state index contributed by atoms with van der Waals surface area (Å²) in [7, 11) is 0. The normalized spacial score (nSPS) is 11.9. The lowest BCUT2D eigenvalue weighted by atomic mass is 9.92. The monoisotopic (exact) mass is 594 g/mol. The minimum absolute atomic E-state index is 0.224. The number of amidine groups is 1. The molecule has 0 aliphatic carbocycles. The van der Waals surface area contributed by atoms with Gasteiger partial charge in [-0.3, -0.25) is 14.5 Å². The Morgan fingerprint density at radius 1 is 0.643 bits per heavy atom. The van der Waals surface area contributed by atoms with Crippen LogP contribution in [0.2, 0.25) is 0 Å². The van der Waals surface area contributed by atoms with Crippen molar-refractivity contribution in [1.82, 2.24) is 0 Å². The zero-order chi connectivity index (χ0) is 30.6. The molecule has 216 valence electrons. The van der Waals surface area contributed by atoms with Gasteiger partial charge in [-0.25, -0.2) is 4.99 Å². The number of aryl methyl sites for hydroxylation is 6. The Morgan fingerprint density at radius 3 is 1.55 bits per heavy atom. The predicted molar refractivity (Wildman–Crippen MR) is 179 cm³/mol. The fraction of sp³-hybridized carbons (Fsp3) is 0.250. The minimum atomic E-state index is -1.35. The van der Waals surface area contributed by atoms with Crippen LogP contribution in [0.15, 0.2) is 99.7 Å². The van der Waals surface area contributed by atoms with Gasteiger partial charge < -0.3 is 0 Å². The molecule has 0 aromatic heterocycles. The molecule has 0 heterocycles. The zero-order valence-electron chi connectivity index (χ0n) is 25.6. The van der Waals surface area contributed by atoms with E-state index in [2.05, 4.69) is 31.2 Å². The predicted octanol–water partition coefficient (Wildman–Crippen LogP) is 9.70. The molecule has 0 aliphatic heterocycles. The second kappa shape index (κ2) is 13.1. The van der Waals surface area contributed by atoms with Crippen LogP contribution < -0.4 is 4.90 Å². The number of carbonyl (C=O) groups is 2. The zero-order valence-corrected chi connectivity index (χ0v) is 27.2. The summed E-state index contributed by atoms with van der Waals surface area (Å²) in [5.41, 5.74) is 6.43. The smallest absolute Gasteiger partial charge is 0.247 e. The highest BCUT2D eigenvalue weighted by atomic mass is 32.2. The summed E-state index contributed by atoms with van der Waals surface area (Å²) in [6.07, 6.45) is 0. The van der Waals surface area contributed by atoms with Crippen LogP contribution in [0.25, 0.3) is 0 Å². The van der Waals surface area contributed by atoms with Crippen LogP contribution in [0.1, 0.15) is 47.2 Å². The molecule has 0 fully saturated rings. The van der Waals surface area contributed by atoms with Crippen molar-refractivity contribution < 1.29 is 9.59 Å². The van der Waals surface area contributed by atoms with E-state index < -0.39 is 5.41 Å². The molecule has 0 saturated heterocycles. The minimum Gasteiger partial charge on any atom is -0.286 e. The maximum absolute atomic E-state index is 14.8. The van der Waals surface area contributed by atoms with Crippen LogP contribution in [0.4, 0.5) is 11.4 Å². The van der Waals surface area contributed by atoms with Gasteiger partial charge in [0.15, 0.2) is 5.17 Å². The van der Waals surface area contributed by atoms with E-state index in [1.165, 1.54) is 11.8 Å². The van der Waals surface area contributed by atoms with E-state index in [0.29, 0.717) is 5.17 Å². The summed E-state index contributed by atoms with van der Waals surface area (Å²) < 4.78 is 0. The fourth-order valence-corrected chi connectivity index (χ4v) is 6.81. The number of benzene rings is 4. The number of carbonyl (C=O) groups excluding carboxylic acids is 2. The first-order valence-electron chi connectivity index (χ1n) is 14.0. The van der Waals surface area contributed by atoms with Crippen molar-refractivity contribution in [2.45, 2.75) is 65.2 Å². The van der Waals surface area contributed by atoms with E-state index >= 15 is 0 Å². The Balaban J connectivity index is 1.95. The number of rotatable bonds is 6. The van der Waals surface area contributed by atoms with Crippen molar-refractivity contribution in [3.63, 3.8) is 0 Å². The van der Waals surface area contributed by atoms with Gasteiger partial charge in [0.2, 0.25) is 11.0 Å². The van der Waals surface area contributed by atoms with Crippen LogP contribution in [-0.4, -0.2) is 16.2 Å². The lowest BCUT2D eigenvalue weighted by molar-refractivity contribution is -0.133. The molecule has 6 heteroatoms. The van der Waals surface area contributed by atoms with E-state index in [9.17, 15) is 9.59 Å². The number of anilines is 1. The molecule has 4 nitrogen and oxygen atoms in total. The highest BCUT2D eigenvalue weighted by Crippen LogP contribution is 2.39. The van der Waals surface area contributed by atoms with Gasteiger partial charge in [-0.2, -0.15) is 0 Å². The van der Waals surface area contributed by atoms with E-state index in [4.69, 9.17) is 4.99 Å². The number of nitrogens with zero attached hydrogens (tertiary/aromatic N) is 2. The molecule has 0 unspecified atom stereocenters. The summed E-state index contributed by atoms with van der Waals surface area (Å²) in [5.74, 6) is -0.324. The van der Waals surface area contributed by atoms with Crippen molar-refractivity contribution in [2.75, 3.05) is 4.90 Å². The molecule has 0 N–H and O–H groups in total. The number of thioether (sulfide) groups is 2. The maximum atomic E-state index is 14.8. The number of amides is 1. The molecule has 0 bridgehead atoms. The highest BCUT2D eigenvalue weighted by molar-refractivity contribution is 8.14. The van der Waals surface area contributed by atoms with Crippen LogP contribution in [0.3, 0.4) is 0 Å². The molecule has 4 aromatic rings. The van der Waals surface area contributed by atoms with Gasteiger partial charge in [0.25, 0.3) is 0 Å². The SMILES string of the molecule is Cc1cc(C)c(N=C(Sc2ccccc2)N(C(=O)C(C)(C)C(=O)Sc2ccccc2)c2c(C)cc(C)cc2C)c(C)c1. The van der Waals surface area contributed by atoms with Crippen molar-refractivity contribution >= 4 is 51.1 Å². The van der Waals surface area contributed by atoms with Crippen LogP contribution in [0.5, 0.6) is 0 Å². The third kappa shape index (κ3) is 7.05. The highest BCUT2D eigenvalue weighted by Gasteiger charge is 2.43. The van der Waals surface area contributed by atoms with Crippen LogP contribution in [0, 0.1) is 47.0 Å². The van der Waals surface area contributed by atoms with Crippen molar-refractivity contribution in [1.29, 1.82) is 0 Å². The van der Waals surface area contributed by atoms with Crippen molar-refractivity contribution in [3.8, 4) is 0 Å². The number of aliphatic imine (C=N–C) groups is 1. The third-order valence-electron chi connectivity index (χ3n) is 7.05. The topological polar surface area (TPSA) is 49.7 Å². The quantitative estimate of drug-likeness (QED) is 0.0965. The summed E-state index contributed by atoms with van der Waals surface area (Å²) >= 11 is 2.52. The average Bonchev–Trinajstić information content (AvgIpc) is 2.92. The Labute approximate surface area is 258 Å². The molecular weight excluding hydrogens is 557 g/mol. The van der Waals surface area contributed by atoms with E-state index in [0.717, 1.165) is 66.3 Å². The Morgan fingerprint density at radius 2 is 1.07 bits per heavy atom. The summed E-state index contributed by atoms with van der Waals surface area (Å²) in [5, 5.41) is 0.278. The molecule has 4 aromatic carbocycles. The molecule has 0 atom stereocenters. The Kier molecular flexibility index (Phi) is 9.80. The van der Waals surface area contributed by atoms with Gasteiger partial charge in [-0.15, -0.1) is 0 Å². The molecule has 0 aliphatic rings. The lowest BCUT2D eigenvalue weighted by Gasteiger charge is -2.33. The van der Waals surface area contributed by atoms with Crippen molar-refractivity contribution in [3.05, 3.63) is 118 Å². The van der Waals surface area contributed by atoms with Gasteiger partial charge in [0, 0.05) is 9.79 Å². The number of hydrogen-bond acceptors (Lipinski definition) is 5. The first-order chi connectivity index (χ1) is 19.9. The van der Waals surface area contributed by atoms with E-state index in [1.807, 2.05) is 95.3 Å². The summed E-state index contributed by atoms with van der Waals surface area (Å²) in [6.45, 7) is 15.7. The molecular formula is C36H38N2O2S2. The standard InChI is InChI=1S/C36H38N2O2S2/c1-23-19-25(3)31(26(4)20-23)37-35(42-30-17-13-10-14-18-30)38(32-27(5)21-24(2)22-28(32)6)33(39)36(7,8)34(40)41-29-15-11-9-12-16-29/h9-22H,1-8H3. The van der Waals surface area contributed by atoms with Crippen LogP contribution >= 0.6 is 23.5 Å². The van der Waals surface area contributed by atoms with Gasteiger partial charge in [0.05, 0.1) is 11.4 Å². The average molecular weight is 595 g/mol. The van der Waals surface area contributed by atoms with Crippen molar-refractivity contribution in [2.24, 2.45) is 10.4 Å². The second-order valence-corrected chi connectivity index (χ2v) is 13.4. The van der Waals surface area contributed by atoms with Gasteiger partial charge in [-0.1, -0.05) is 95.3 Å². The van der Waals surface area contributed by atoms with E-state index in [1.54, 1.807) is 18.7 Å². The van der Waals surface area contributed by atoms with Gasteiger partial charge >= 0.3 is 0 Å². The first-order valence-corrected chi connectivity index (χ1v) is 15.6. The number of hydrogen-bond donors (Lipinski definition) is 0. The second-order valence-electron chi connectivity index (χ2n) is 11.3. The summed E-state index contributed by atoms with van der Waals surface area (Å²) in [6, 6.07) is 27.8. The third-order valence-corrected chi connectivity index (χ3v) is 9.22. The van der Waals surface area contributed by atoms with Crippen LogP contribution in [-0.2, 0) is 9.59 Å². The molecule has 0 saturated carbocycles. The van der Waals surface area contributed by atoms with Gasteiger partial charge in [0.1, 0.15) is 5.41 Å². The van der Waals surface area contributed by atoms with Gasteiger partial charge in [-0.05, 0) is 102 Å². The molecule has 0 radical (unpaired) electrons.